The molecule has 5 nitrogen and oxygen atoms in total. The van der Waals surface area contributed by atoms with E-state index in [-0.39, 0.29) is 24.5 Å². The maximum Gasteiger partial charge on any atom is 0.261 e. The molecule has 0 unspecified atom stereocenters. The maximum atomic E-state index is 13.2. The van der Waals surface area contributed by atoms with Gasteiger partial charge in [-0.25, -0.2) is 0 Å². The minimum Gasteiger partial charge on any atom is -0.484 e. The standard InChI is InChI=1S/C25H33ClN2O3/c1-6-19(5)27-25(30)22(7-2)28(15-20-11-9-8-10-12-20)23(29)16-31-21-13-17(3)24(26)18(4)14-21/h8-14,19,22H,6-7,15-16H2,1-5H3,(H,27,30)/t19-,22-/m1/s1. The molecule has 0 spiro atoms. The summed E-state index contributed by atoms with van der Waals surface area (Å²) in [6.07, 6.45) is 1.34. The summed E-state index contributed by atoms with van der Waals surface area (Å²) in [6.45, 7) is 9.88. The SMILES string of the molecule is CC[C@@H](C)NC(=O)[C@@H](CC)N(Cc1ccccc1)C(=O)COc1cc(C)c(Cl)c(C)c1. The van der Waals surface area contributed by atoms with Gasteiger partial charge in [0.2, 0.25) is 5.91 Å². The summed E-state index contributed by atoms with van der Waals surface area (Å²) < 4.78 is 5.80. The molecule has 0 bridgehead atoms. The molecule has 0 heterocycles. The van der Waals surface area contributed by atoms with E-state index in [2.05, 4.69) is 5.32 Å². The van der Waals surface area contributed by atoms with Crippen molar-refractivity contribution in [3.8, 4) is 5.75 Å². The third kappa shape index (κ3) is 7.00. The monoisotopic (exact) mass is 444 g/mol. The summed E-state index contributed by atoms with van der Waals surface area (Å²) in [7, 11) is 0. The zero-order valence-corrected chi connectivity index (χ0v) is 19.8. The Morgan fingerprint density at radius 3 is 2.23 bits per heavy atom. The minimum atomic E-state index is -0.570. The molecule has 0 saturated carbocycles. The quantitative estimate of drug-likeness (QED) is 0.557. The van der Waals surface area contributed by atoms with Gasteiger partial charge in [0.05, 0.1) is 0 Å². The lowest BCUT2D eigenvalue weighted by molar-refractivity contribution is -0.143. The maximum absolute atomic E-state index is 13.2. The lowest BCUT2D eigenvalue weighted by Gasteiger charge is -2.31. The van der Waals surface area contributed by atoms with Crippen molar-refractivity contribution in [1.29, 1.82) is 0 Å². The van der Waals surface area contributed by atoms with Gasteiger partial charge in [-0.1, -0.05) is 55.8 Å². The van der Waals surface area contributed by atoms with E-state index in [0.717, 1.165) is 23.1 Å². The Bertz CT molecular complexity index is 863. The number of amides is 2. The summed E-state index contributed by atoms with van der Waals surface area (Å²) in [6, 6.07) is 12.8. The van der Waals surface area contributed by atoms with E-state index in [1.165, 1.54) is 0 Å². The highest BCUT2D eigenvalue weighted by Crippen LogP contribution is 2.26. The molecule has 2 atom stereocenters. The number of hydrogen-bond acceptors (Lipinski definition) is 3. The normalized spacial score (nSPS) is 12.7. The summed E-state index contributed by atoms with van der Waals surface area (Å²) in [5.74, 6) is 0.212. The average molecular weight is 445 g/mol. The second kappa shape index (κ2) is 11.8. The molecule has 31 heavy (non-hydrogen) atoms. The summed E-state index contributed by atoms with van der Waals surface area (Å²) in [5.41, 5.74) is 2.75. The summed E-state index contributed by atoms with van der Waals surface area (Å²) in [4.78, 5) is 27.7. The Labute approximate surface area is 190 Å². The molecule has 0 aliphatic carbocycles. The van der Waals surface area contributed by atoms with Crippen molar-refractivity contribution in [1.82, 2.24) is 10.2 Å². The van der Waals surface area contributed by atoms with E-state index in [1.54, 1.807) is 4.90 Å². The van der Waals surface area contributed by atoms with Crippen molar-refractivity contribution in [3.63, 3.8) is 0 Å². The van der Waals surface area contributed by atoms with Crippen LogP contribution < -0.4 is 10.1 Å². The first-order valence-corrected chi connectivity index (χ1v) is 11.2. The number of halogens is 1. The van der Waals surface area contributed by atoms with Gasteiger partial charge in [0.25, 0.3) is 5.91 Å². The molecule has 0 fully saturated rings. The first-order chi connectivity index (χ1) is 14.8. The lowest BCUT2D eigenvalue weighted by atomic mass is 10.1. The highest BCUT2D eigenvalue weighted by atomic mass is 35.5. The van der Waals surface area contributed by atoms with E-state index >= 15 is 0 Å². The van der Waals surface area contributed by atoms with Crippen LogP contribution in [0.4, 0.5) is 0 Å². The number of rotatable bonds is 10. The largest absolute Gasteiger partial charge is 0.484 e. The van der Waals surface area contributed by atoms with Gasteiger partial charge in [-0.05, 0) is 62.4 Å². The van der Waals surface area contributed by atoms with E-state index in [4.69, 9.17) is 16.3 Å². The molecule has 2 amide bonds. The molecule has 2 aromatic carbocycles. The average Bonchev–Trinajstić information content (AvgIpc) is 2.76. The van der Waals surface area contributed by atoms with E-state index in [1.807, 2.05) is 77.1 Å². The fourth-order valence-electron chi connectivity index (χ4n) is 3.36. The number of benzene rings is 2. The van der Waals surface area contributed by atoms with Crippen LogP contribution >= 0.6 is 11.6 Å². The number of aryl methyl sites for hydroxylation is 2. The fourth-order valence-corrected chi connectivity index (χ4v) is 3.47. The number of ether oxygens (including phenoxy) is 1. The zero-order chi connectivity index (χ0) is 23.0. The van der Waals surface area contributed by atoms with Crippen LogP contribution in [0, 0.1) is 13.8 Å². The minimum absolute atomic E-state index is 0.0477. The molecular formula is C25H33ClN2O3. The lowest BCUT2D eigenvalue weighted by Crippen LogP contribution is -2.51. The molecule has 6 heteroatoms. The first kappa shape index (κ1) is 24.7. The molecule has 0 aromatic heterocycles. The van der Waals surface area contributed by atoms with Crippen molar-refractivity contribution in [3.05, 3.63) is 64.2 Å². The molecule has 0 saturated heterocycles. The van der Waals surface area contributed by atoms with E-state index in [9.17, 15) is 9.59 Å². The highest BCUT2D eigenvalue weighted by Gasteiger charge is 2.29. The molecule has 1 N–H and O–H groups in total. The van der Waals surface area contributed by atoms with Crippen molar-refractivity contribution in [2.24, 2.45) is 0 Å². The summed E-state index contributed by atoms with van der Waals surface area (Å²) in [5, 5.41) is 3.70. The fraction of sp³-hybridized carbons (Fsp3) is 0.440. The van der Waals surface area contributed by atoms with Crippen molar-refractivity contribution < 1.29 is 14.3 Å². The number of nitrogens with one attached hydrogen (secondary N) is 1. The van der Waals surface area contributed by atoms with Gasteiger partial charge >= 0.3 is 0 Å². The van der Waals surface area contributed by atoms with Crippen LogP contribution in [-0.2, 0) is 16.1 Å². The molecular weight excluding hydrogens is 412 g/mol. The van der Waals surface area contributed by atoms with Gasteiger partial charge in [-0.2, -0.15) is 0 Å². The Hall–Kier alpha value is -2.53. The molecule has 0 aliphatic rings. The number of carbonyl (C=O) groups is 2. The van der Waals surface area contributed by atoms with Gasteiger partial charge in [0.15, 0.2) is 6.61 Å². The second-order valence-corrected chi connectivity index (χ2v) is 8.29. The topological polar surface area (TPSA) is 58.6 Å². The molecule has 2 aromatic rings. The Morgan fingerprint density at radius 2 is 1.68 bits per heavy atom. The third-order valence-corrected chi connectivity index (χ3v) is 5.95. The van der Waals surface area contributed by atoms with Gasteiger partial charge in [-0.15, -0.1) is 0 Å². The smallest absolute Gasteiger partial charge is 0.261 e. The first-order valence-electron chi connectivity index (χ1n) is 10.8. The Balaban J connectivity index is 2.21. The molecule has 0 radical (unpaired) electrons. The van der Waals surface area contributed by atoms with Crippen molar-refractivity contribution in [2.75, 3.05) is 6.61 Å². The van der Waals surface area contributed by atoms with Crippen LogP contribution in [0.2, 0.25) is 5.02 Å². The molecule has 0 aliphatic heterocycles. The molecule has 2 rings (SSSR count). The van der Waals surface area contributed by atoms with Gasteiger partial charge < -0.3 is 15.0 Å². The number of nitrogens with zero attached hydrogens (tertiary/aromatic N) is 1. The van der Waals surface area contributed by atoms with Gasteiger partial charge in [0.1, 0.15) is 11.8 Å². The van der Waals surface area contributed by atoms with Crippen molar-refractivity contribution in [2.45, 2.75) is 66.1 Å². The van der Waals surface area contributed by atoms with Crippen LogP contribution in [0.25, 0.3) is 0 Å². The van der Waals surface area contributed by atoms with E-state index < -0.39 is 6.04 Å². The predicted octanol–water partition coefficient (Wildman–Crippen LogP) is 5.06. The zero-order valence-electron chi connectivity index (χ0n) is 19.1. The summed E-state index contributed by atoms with van der Waals surface area (Å²) >= 11 is 6.23. The van der Waals surface area contributed by atoms with Crippen LogP contribution in [0.5, 0.6) is 5.75 Å². The third-order valence-electron chi connectivity index (χ3n) is 5.35. The van der Waals surface area contributed by atoms with Gasteiger partial charge in [-0.3, -0.25) is 9.59 Å². The van der Waals surface area contributed by atoms with Crippen LogP contribution in [0.3, 0.4) is 0 Å². The van der Waals surface area contributed by atoms with Crippen LogP contribution in [0.15, 0.2) is 42.5 Å². The van der Waals surface area contributed by atoms with Crippen molar-refractivity contribution >= 4 is 23.4 Å². The van der Waals surface area contributed by atoms with Gasteiger partial charge in [0, 0.05) is 17.6 Å². The Kier molecular flexibility index (Phi) is 9.38. The second-order valence-electron chi connectivity index (χ2n) is 7.91. The van der Waals surface area contributed by atoms with E-state index in [0.29, 0.717) is 23.7 Å². The number of carbonyl (C=O) groups excluding carboxylic acids is 2. The van der Waals surface area contributed by atoms with Crippen LogP contribution in [-0.4, -0.2) is 35.4 Å². The molecule has 168 valence electrons. The van der Waals surface area contributed by atoms with Crippen LogP contribution in [0.1, 0.15) is 50.3 Å². The Morgan fingerprint density at radius 1 is 1.06 bits per heavy atom. The number of hydrogen-bond donors (Lipinski definition) is 1. The highest BCUT2D eigenvalue weighted by molar-refractivity contribution is 6.32. The predicted molar refractivity (Wildman–Crippen MR) is 125 cm³/mol.